The molecule has 3 nitrogen and oxygen atoms in total. The van der Waals surface area contributed by atoms with Crippen LogP contribution in [0.15, 0.2) is 52.9 Å². The van der Waals surface area contributed by atoms with Gasteiger partial charge in [0.05, 0.1) is 0 Å². The summed E-state index contributed by atoms with van der Waals surface area (Å²) in [6, 6.07) is 11.9. The molecule has 1 N–H and O–H groups in total. The number of benzene rings is 2. The molecule has 0 aliphatic carbocycles. The summed E-state index contributed by atoms with van der Waals surface area (Å²) in [5, 5.41) is 10.9. The maximum absolute atomic E-state index is 13.4. The molecule has 3 aromatic rings. The first-order valence-electron chi connectivity index (χ1n) is 6.38. The van der Waals surface area contributed by atoms with Crippen molar-refractivity contribution in [2.45, 2.75) is 6.10 Å². The number of hydrogen-bond donors (Lipinski definition) is 1. The Morgan fingerprint density at radius 3 is 2.71 bits per heavy atom. The van der Waals surface area contributed by atoms with Gasteiger partial charge in [0, 0.05) is 11.5 Å². The second kappa shape index (κ2) is 5.54. The van der Waals surface area contributed by atoms with Gasteiger partial charge in [-0.2, -0.15) is 0 Å². The minimum Gasteiger partial charge on any atom is -0.487 e. The summed E-state index contributed by atoms with van der Waals surface area (Å²) < 4.78 is 37.0. The van der Waals surface area contributed by atoms with Gasteiger partial charge in [0.2, 0.25) is 0 Å². The highest BCUT2D eigenvalue weighted by molar-refractivity contribution is 5.77. The van der Waals surface area contributed by atoms with E-state index in [1.807, 2.05) is 18.2 Å². The lowest BCUT2D eigenvalue weighted by atomic mass is 10.2. The van der Waals surface area contributed by atoms with Crippen LogP contribution in [-0.4, -0.2) is 11.7 Å². The van der Waals surface area contributed by atoms with Crippen molar-refractivity contribution >= 4 is 11.0 Å². The highest BCUT2D eigenvalue weighted by atomic mass is 19.1. The predicted molar refractivity (Wildman–Crippen MR) is 73.0 cm³/mol. The van der Waals surface area contributed by atoms with Gasteiger partial charge in [0.15, 0.2) is 11.6 Å². The lowest BCUT2D eigenvalue weighted by Gasteiger charge is -2.10. The van der Waals surface area contributed by atoms with E-state index in [-0.39, 0.29) is 12.4 Å². The van der Waals surface area contributed by atoms with Crippen molar-refractivity contribution in [3.05, 3.63) is 65.9 Å². The third-order valence-corrected chi connectivity index (χ3v) is 3.06. The quantitative estimate of drug-likeness (QED) is 0.794. The Kier molecular flexibility index (Phi) is 3.58. The molecule has 0 amide bonds. The standard InChI is InChI=1S/C16H12F2O3/c17-11-5-6-12(18)15(8-11)20-9-13(19)16-7-10-3-1-2-4-14(10)21-16/h1-8,13,19H,9H2. The summed E-state index contributed by atoms with van der Waals surface area (Å²) >= 11 is 0. The Hall–Kier alpha value is -2.40. The molecule has 0 radical (unpaired) electrons. The van der Waals surface area contributed by atoms with Crippen LogP contribution >= 0.6 is 0 Å². The highest BCUT2D eigenvalue weighted by Gasteiger charge is 2.15. The Bertz CT molecular complexity index is 734. The first-order valence-corrected chi connectivity index (χ1v) is 6.38. The average molecular weight is 290 g/mol. The number of halogens is 2. The normalized spacial score (nSPS) is 12.5. The van der Waals surface area contributed by atoms with E-state index < -0.39 is 17.7 Å². The van der Waals surface area contributed by atoms with Crippen molar-refractivity contribution in [1.82, 2.24) is 0 Å². The first-order chi connectivity index (χ1) is 10.1. The molecule has 1 atom stereocenters. The van der Waals surface area contributed by atoms with Gasteiger partial charge in [-0.3, -0.25) is 0 Å². The molecular formula is C16H12F2O3. The van der Waals surface area contributed by atoms with Crippen LogP contribution in [0.4, 0.5) is 8.78 Å². The van der Waals surface area contributed by atoms with Crippen LogP contribution in [0, 0.1) is 11.6 Å². The smallest absolute Gasteiger partial charge is 0.165 e. The molecule has 2 aromatic carbocycles. The van der Waals surface area contributed by atoms with E-state index >= 15 is 0 Å². The zero-order chi connectivity index (χ0) is 14.8. The first kappa shape index (κ1) is 13.6. The summed E-state index contributed by atoms with van der Waals surface area (Å²) in [6.45, 7) is -0.236. The number of aliphatic hydroxyl groups is 1. The van der Waals surface area contributed by atoms with Gasteiger partial charge >= 0.3 is 0 Å². The summed E-state index contributed by atoms with van der Waals surface area (Å²) in [5.74, 6) is -1.23. The molecule has 0 aliphatic rings. The third-order valence-electron chi connectivity index (χ3n) is 3.06. The molecule has 0 aliphatic heterocycles. The molecule has 1 aromatic heterocycles. The van der Waals surface area contributed by atoms with Gasteiger partial charge in [0.25, 0.3) is 0 Å². The Morgan fingerprint density at radius 1 is 1.10 bits per heavy atom. The van der Waals surface area contributed by atoms with Gasteiger partial charge in [-0.15, -0.1) is 0 Å². The van der Waals surface area contributed by atoms with Gasteiger partial charge in [0.1, 0.15) is 29.9 Å². The van der Waals surface area contributed by atoms with Crippen molar-refractivity contribution in [3.63, 3.8) is 0 Å². The number of fused-ring (bicyclic) bond motifs is 1. The largest absolute Gasteiger partial charge is 0.487 e. The van der Waals surface area contributed by atoms with E-state index in [0.717, 1.165) is 23.6 Å². The molecule has 0 saturated heterocycles. The van der Waals surface area contributed by atoms with Crippen LogP contribution in [0.2, 0.25) is 0 Å². The third kappa shape index (κ3) is 2.87. The topological polar surface area (TPSA) is 42.6 Å². The van der Waals surface area contributed by atoms with Crippen LogP contribution in [0.25, 0.3) is 11.0 Å². The zero-order valence-electron chi connectivity index (χ0n) is 10.9. The van der Waals surface area contributed by atoms with Gasteiger partial charge < -0.3 is 14.3 Å². The summed E-state index contributed by atoms with van der Waals surface area (Å²) in [7, 11) is 0. The summed E-state index contributed by atoms with van der Waals surface area (Å²) in [4.78, 5) is 0. The molecule has 1 unspecified atom stereocenters. The number of furan rings is 1. The summed E-state index contributed by atoms with van der Waals surface area (Å²) in [5.41, 5.74) is 0.642. The molecule has 0 spiro atoms. The Labute approximate surface area is 119 Å². The van der Waals surface area contributed by atoms with Crippen LogP contribution in [0.3, 0.4) is 0 Å². The van der Waals surface area contributed by atoms with Gasteiger partial charge in [-0.25, -0.2) is 8.78 Å². The number of rotatable bonds is 4. The van der Waals surface area contributed by atoms with Gasteiger partial charge in [-0.1, -0.05) is 18.2 Å². The SMILES string of the molecule is OC(COc1cc(F)ccc1F)c1cc2ccccc2o1. The fourth-order valence-corrected chi connectivity index (χ4v) is 2.01. The lowest BCUT2D eigenvalue weighted by Crippen LogP contribution is -2.09. The van der Waals surface area contributed by atoms with Gasteiger partial charge in [-0.05, 0) is 24.3 Å². The highest BCUT2D eigenvalue weighted by Crippen LogP contribution is 2.25. The van der Waals surface area contributed by atoms with Crippen molar-refractivity contribution in [3.8, 4) is 5.75 Å². The molecule has 108 valence electrons. The van der Waals surface area contributed by atoms with E-state index in [9.17, 15) is 13.9 Å². The number of hydrogen-bond acceptors (Lipinski definition) is 3. The van der Waals surface area contributed by atoms with Crippen LogP contribution in [0.5, 0.6) is 5.75 Å². The lowest BCUT2D eigenvalue weighted by molar-refractivity contribution is 0.0881. The fourth-order valence-electron chi connectivity index (χ4n) is 2.01. The van der Waals surface area contributed by atoms with Crippen molar-refractivity contribution < 1.29 is 23.0 Å². The number of para-hydroxylation sites is 1. The van der Waals surface area contributed by atoms with E-state index in [1.165, 1.54) is 0 Å². The molecule has 1 heterocycles. The van der Waals surface area contributed by atoms with E-state index in [2.05, 4.69) is 0 Å². The molecule has 0 fully saturated rings. The molecule has 0 bridgehead atoms. The Balaban J connectivity index is 1.74. The predicted octanol–water partition coefficient (Wildman–Crippen LogP) is 3.82. The maximum atomic E-state index is 13.4. The van der Waals surface area contributed by atoms with E-state index in [1.54, 1.807) is 12.1 Å². The molecule has 21 heavy (non-hydrogen) atoms. The number of aliphatic hydroxyl groups excluding tert-OH is 1. The zero-order valence-corrected chi connectivity index (χ0v) is 10.9. The molecule has 3 rings (SSSR count). The van der Waals surface area contributed by atoms with Crippen molar-refractivity contribution in [1.29, 1.82) is 0 Å². The maximum Gasteiger partial charge on any atom is 0.165 e. The van der Waals surface area contributed by atoms with Crippen LogP contribution in [0.1, 0.15) is 11.9 Å². The van der Waals surface area contributed by atoms with E-state index in [4.69, 9.17) is 9.15 Å². The average Bonchev–Trinajstić information content (AvgIpc) is 2.92. The molecule has 0 saturated carbocycles. The Morgan fingerprint density at radius 2 is 1.90 bits per heavy atom. The van der Waals surface area contributed by atoms with Crippen LogP contribution < -0.4 is 4.74 Å². The summed E-state index contributed by atoms with van der Waals surface area (Å²) in [6.07, 6.45) is -1.07. The molecular weight excluding hydrogens is 278 g/mol. The second-order valence-electron chi connectivity index (χ2n) is 4.59. The minimum atomic E-state index is -1.07. The monoisotopic (exact) mass is 290 g/mol. The van der Waals surface area contributed by atoms with Crippen LogP contribution in [-0.2, 0) is 0 Å². The second-order valence-corrected chi connectivity index (χ2v) is 4.59. The van der Waals surface area contributed by atoms with Crippen molar-refractivity contribution in [2.24, 2.45) is 0 Å². The molecule has 5 heteroatoms. The minimum absolute atomic E-state index is 0.236. The fraction of sp³-hybridized carbons (Fsp3) is 0.125. The number of ether oxygens (including phenoxy) is 1. The van der Waals surface area contributed by atoms with Crippen molar-refractivity contribution in [2.75, 3.05) is 6.61 Å². The van der Waals surface area contributed by atoms with E-state index in [0.29, 0.717) is 11.3 Å².